The third-order valence-corrected chi connectivity index (χ3v) is 3.50. The summed E-state index contributed by atoms with van der Waals surface area (Å²) < 4.78 is 0. The molecule has 0 spiro atoms. The molecule has 0 saturated carbocycles. The van der Waals surface area contributed by atoms with Gasteiger partial charge < -0.3 is 4.90 Å². The van der Waals surface area contributed by atoms with Crippen LogP contribution >= 0.6 is 0 Å². The number of rotatable bonds is 2. The summed E-state index contributed by atoms with van der Waals surface area (Å²) in [7, 11) is 2.40. The van der Waals surface area contributed by atoms with E-state index < -0.39 is 0 Å². The lowest BCUT2D eigenvalue weighted by molar-refractivity contribution is 0.186. The van der Waals surface area contributed by atoms with Gasteiger partial charge in [0.15, 0.2) is 0 Å². The summed E-state index contributed by atoms with van der Waals surface area (Å²) in [6, 6.07) is 0.799. The van der Waals surface area contributed by atoms with E-state index in [1.54, 1.807) is 0 Å². The zero-order valence-corrected chi connectivity index (χ0v) is 9.55. The Kier molecular flexibility index (Phi) is 4.86. The van der Waals surface area contributed by atoms with Crippen LogP contribution in [0.5, 0.6) is 0 Å². The molecule has 1 aliphatic heterocycles. The Morgan fingerprint density at radius 1 is 1.31 bits per heavy atom. The van der Waals surface area contributed by atoms with Crippen LogP contribution in [0, 0.1) is 0 Å². The van der Waals surface area contributed by atoms with Crippen LogP contribution in [0.25, 0.3) is 0 Å². The molecule has 0 amide bonds. The van der Waals surface area contributed by atoms with Crippen LogP contribution in [0.3, 0.4) is 0 Å². The van der Waals surface area contributed by atoms with E-state index in [0.717, 1.165) is 11.9 Å². The van der Waals surface area contributed by atoms with Crippen molar-refractivity contribution in [3.63, 3.8) is 0 Å². The first-order valence-corrected chi connectivity index (χ1v) is 5.98. The van der Waals surface area contributed by atoms with Crippen LogP contribution in [0.4, 0.5) is 0 Å². The second-order valence-electron chi connectivity index (χ2n) is 4.68. The minimum absolute atomic E-state index is 0.799. The van der Waals surface area contributed by atoms with E-state index in [0.29, 0.717) is 0 Å². The molecule has 1 nitrogen and oxygen atoms in total. The number of hydrogen-bond acceptors (Lipinski definition) is 1. The fourth-order valence-electron chi connectivity index (χ4n) is 2.24. The van der Waals surface area contributed by atoms with E-state index in [9.17, 15) is 0 Å². The second kappa shape index (κ2) is 5.69. The minimum atomic E-state index is 0.799. The minimum Gasteiger partial charge on any atom is -0.301 e. The van der Waals surface area contributed by atoms with Gasteiger partial charge >= 0.3 is 0 Å². The Morgan fingerprint density at radius 2 is 1.85 bits per heavy atom. The van der Waals surface area contributed by atoms with Crippen LogP contribution in [0.2, 0.25) is 5.82 Å². The Hall–Kier alpha value is 0.0249. The summed E-state index contributed by atoms with van der Waals surface area (Å²) in [5.74, 6) is 0.971. The first kappa shape index (κ1) is 11.1. The lowest BCUT2D eigenvalue weighted by Gasteiger charge is -2.31. The average molecular weight is 181 g/mol. The van der Waals surface area contributed by atoms with Gasteiger partial charge in [0.05, 0.1) is 0 Å². The monoisotopic (exact) mass is 181 g/mol. The molecule has 0 radical (unpaired) electrons. The van der Waals surface area contributed by atoms with Gasteiger partial charge in [0.25, 0.3) is 0 Å². The number of hydrogen-bond donors (Lipinski definition) is 0. The van der Waals surface area contributed by atoms with Crippen molar-refractivity contribution in [2.24, 2.45) is 0 Å². The SMILES string of the molecule is BC1CCCN(C(C)CC)CCC1. The van der Waals surface area contributed by atoms with Gasteiger partial charge in [0.2, 0.25) is 0 Å². The molecule has 0 aliphatic carbocycles. The van der Waals surface area contributed by atoms with Crippen LogP contribution in [-0.4, -0.2) is 31.9 Å². The summed E-state index contributed by atoms with van der Waals surface area (Å²) in [6.07, 6.45) is 6.99. The second-order valence-corrected chi connectivity index (χ2v) is 4.68. The molecule has 0 bridgehead atoms. The largest absolute Gasteiger partial charge is 0.301 e. The smallest absolute Gasteiger partial charge is 0.105 e. The maximum atomic E-state index is 2.67. The van der Waals surface area contributed by atoms with E-state index in [2.05, 4.69) is 26.6 Å². The molecule has 2 heteroatoms. The predicted molar refractivity (Wildman–Crippen MR) is 62.1 cm³/mol. The van der Waals surface area contributed by atoms with Crippen molar-refractivity contribution >= 4 is 7.85 Å². The molecule has 1 unspecified atom stereocenters. The zero-order valence-electron chi connectivity index (χ0n) is 9.55. The molecule has 1 atom stereocenters. The molecular weight excluding hydrogens is 157 g/mol. The summed E-state index contributed by atoms with van der Waals surface area (Å²) in [5, 5.41) is 0. The lowest BCUT2D eigenvalue weighted by Crippen LogP contribution is -2.35. The highest BCUT2D eigenvalue weighted by Gasteiger charge is 2.15. The molecule has 1 aliphatic rings. The normalized spacial score (nSPS) is 25.1. The van der Waals surface area contributed by atoms with Crippen LogP contribution in [0.1, 0.15) is 46.0 Å². The standard InChI is InChI=1S/C11H24BN/c1-3-10(2)13-8-4-6-11(12)7-5-9-13/h10-11H,3-9,12H2,1-2H3. The van der Waals surface area contributed by atoms with Gasteiger partial charge in [0, 0.05) is 6.04 Å². The Morgan fingerprint density at radius 3 is 2.31 bits per heavy atom. The summed E-state index contributed by atoms with van der Waals surface area (Å²) in [6.45, 7) is 7.33. The summed E-state index contributed by atoms with van der Waals surface area (Å²) >= 11 is 0. The van der Waals surface area contributed by atoms with Gasteiger partial charge in [-0.1, -0.05) is 25.6 Å². The first-order chi connectivity index (χ1) is 6.24. The average Bonchev–Trinajstić information content (AvgIpc) is 2.10. The van der Waals surface area contributed by atoms with Crippen molar-refractivity contribution < 1.29 is 0 Å². The molecule has 0 aromatic heterocycles. The van der Waals surface area contributed by atoms with E-state index in [4.69, 9.17) is 0 Å². The van der Waals surface area contributed by atoms with Crippen molar-refractivity contribution in [1.29, 1.82) is 0 Å². The van der Waals surface area contributed by atoms with Crippen LogP contribution < -0.4 is 0 Å². The fraction of sp³-hybridized carbons (Fsp3) is 1.00. The molecule has 0 aromatic rings. The predicted octanol–water partition coefficient (Wildman–Crippen LogP) is 2.08. The molecule has 1 fully saturated rings. The van der Waals surface area contributed by atoms with Gasteiger partial charge in [-0.05, 0) is 39.3 Å². The van der Waals surface area contributed by atoms with Gasteiger partial charge in [-0.25, -0.2) is 0 Å². The molecule has 0 N–H and O–H groups in total. The molecule has 13 heavy (non-hydrogen) atoms. The maximum Gasteiger partial charge on any atom is 0.105 e. The molecule has 1 rings (SSSR count). The molecule has 1 heterocycles. The van der Waals surface area contributed by atoms with Gasteiger partial charge in [0.1, 0.15) is 7.85 Å². The van der Waals surface area contributed by atoms with E-state index in [1.165, 1.54) is 45.2 Å². The van der Waals surface area contributed by atoms with Gasteiger partial charge in [-0.15, -0.1) is 0 Å². The molecule has 76 valence electrons. The third-order valence-electron chi connectivity index (χ3n) is 3.50. The van der Waals surface area contributed by atoms with Gasteiger partial charge in [-0.3, -0.25) is 0 Å². The fourth-order valence-corrected chi connectivity index (χ4v) is 2.24. The highest BCUT2D eigenvalue weighted by molar-refractivity contribution is 6.11. The van der Waals surface area contributed by atoms with Crippen LogP contribution in [-0.2, 0) is 0 Å². The number of likely N-dealkylation sites (tertiary alicyclic amines) is 1. The molecule has 0 aromatic carbocycles. The van der Waals surface area contributed by atoms with E-state index in [1.807, 2.05) is 0 Å². The van der Waals surface area contributed by atoms with Crippen LogP contribution in [0.15, 0.2) is 0 Å². The zero-order chi connectivity index (χ0) is 9.68. The van der Waals surface area contributed by atoms with Crippen molar-refractivity contribution in [3.05, 3.63) is 0 Å². The van der Waals surface area contributed by atoms with Crippen molar-refractivity contribution in [1.82, 2.24) is 4.90 Å². The Labute approximate surface area is 84.3 Å². The molecule has 1 saturated heterocycles. The third kappa shape index (κ3) is 3.72. The van der Waals surface area contributed by atoms with Crippen molar-refractivity contribution in [3.8, 4) is 0 Å². The topological polar surface area (TPSA) is 3.24 Å². The lowest BCUT2D eigenvalue weighted by atomic mass is 9.79. The quantitative estimate of drug-likeness (QED) is 0.589. The Balaban J connectivity index is 2.32. The molecular formula is C11H24BN. The van der Waals surface area contributed by atoms with E-state index in [-0.39, 0.29) is 0 Å². The van der Waals surface area contributed by atoms with E-state index >= 15 is 0 Å². The Bertz CT molecular complexity index is 128. The maximum absolute atomic E-state index is 2.67. The summed E-state index contributed by atoms with van der Waals surface area (Å²) in [5.41, 5.74) is 0. The van der Waals surface area contributed by atoms with Crippen molar-refractivity contribution in [2.45, 2.75) is 57.8 Å². The van der Waals surface area contributed by atoms with Crippen molar-refractivity contribution in [2.75, 3.05) is 13.1 Å². The first-order valence-electron chi connectivity index (χ1n) is 5.98. The van der Waals surface area contributed by atoms with Gasteiger partial charge in [-0.2, -0.15) is 0 Å². The highest BCUT2D eigenvalue weighted by atomic mass is 15.1. The highest BCUT2D eigenvalue weighted by Crippen LogP contribution is 2.21. The summed E-state index contributed by atoms with van der Waals surface area (Å²) in [4.78, 5) is 2.67. The number of nitrogens with zero attached hydrogens (tertiary/aromatic N) is 1.